The van der Waals surface area contributed by atoms with Crippen molar-refractivity contribution in [3.05, 3.63) is 28.7 Å². The molecule has 0 aromatic heterocycles. The third-order valence-corrected chi connectivity index (χ3v) is 4.38. The molecule has 1 unspecified atom stereocenters. The van der Waals surface area contributed by atoms with Gasteiger partial charge in [0.25, 0.3) is 0 Å². The van der Waals surface area contributed by atoms with Crippen molar-refractivity contribution in [1.29, 1.82) is 0 Å². The monoisotopic (exact) mass is 287 g/mol. The number of aliphatic hydroxyl groups is 1. The highest BCUT2D eigenvalue weighted by atomic mass is 79.9. The summed E-state index contributed by atoms with van der Waals surface area (Å²) < 4.78 is 1.06. The minimum Gasteiger partial charge on any atom is -0.394 e. The highest BCUT2D eigenvalue weighted by Crippen LogP contribution is 2.31. The van der Waals surface area contributed by atoms with Gasteiger partial charge in [-0.15, -0.1) is 0 Å². The van der Waals surface area contributed by atoms with E-state index < -0.39 is 0 Å². The lowest BCUT2D eigenvalue weighted by Crippen LogP contribution is -2.42. The summed E-state index contributed by atoms with van der Waals surface area (Å²) in [5, 5.41) is 12.9. The first-order chi connectivity index (χ1) is 7.24. The molecule has 1 heterocycles. The van der Waals surface area contributed by atoms with E-state index in [0.717, 1.165) is 28.1 Å². The number of aliphatic hydroxyl groups excluding tert-OH is 1. The second-order valence-electron chi connectivity index (χ2n) is 3.88. The number of hydrogen-bond donors (Lipinski definition) is 2. The van der Waals surface area contributed by atoms with Crippen molar-refractivity contribution in [1.82, 2.24) is 0 Å². The van der Waals surface area contributed by atoms with Crippen LogP contribution in [-0.2, 0) is 0 Å². The molecule has 0 bridgehead atoms. The smallest absolute Gasteiger partial charge is 0.0701 e. The maximum absolute atomic E-state index is 9.46. The van der Waals surface area contributed by atoms with Gasteiger partial charge in [-0.2, -0.15) is 11.8 Å². The molecule has 0 saturated carbocycles. The summed E-state index contributed by atoms with van der Waals surface area (Å²) in [5.41, 5.74) is 0.951. The molecule has 1 aromatic rings. The van der Waals surface area contributed by atoms with Crippen LogP contribution in [0.2, 0.25) is 0 Å². The molecule has 4 heteroatoms. The number of thioether (sulfide) groups is 1. The summed E-state index contributed by atoms with van der Waals surface area (Å²) in [6, 6.07) is 8.07. The zero-order valence-corrected chi connectivity index (χ0v) is 10.8. The molecule has 0 radical (unpaired) electrons. The van der Waals surface area contributed by atoms with Crippen molar-refractivity contribution in [2.75, 3.05) is 23.4 Å². The molecule has 1 aliphatic heterocycles. The van der Waals surface area contributed by atoms with Gasteiger partial charge in [0, 0.05) is 15.9 Å². The maximum Gasteiger partial charge on any atom is 0.0701 e. The second-order valence-corrected chi connectivity index (χ2v) is 5.90. The molecule has 1 atom stereocenters. The van der Waals surface area contributed by atoms with Crippen LogP contribution < -0.4 is 5.32 Å². The first kappa shape index (κ1) is 11.3. The average Bonchev–Trinajstić information content (AvgIpc) is 2.67. The quantitative estimate of drug-likeness (QED) is 0.897. The Morgan fingerprint density at radius 3 is 3.00 bits per heavy atom. The molecule has 1 aromatic carbocycles. The molecular weight excluding hydrogens is 274 g/mol. The number of anilines is 1. The number of benzene rings is 1. The van der Waals surface area contributed by atoms with Crippen molar-refractivity contribution < 1.29 is 5.11 Å². The highest BCUT2D eigenvalue weighted by Gasteiger charge is 2.33. The fourth-order valence-electron chi connectivity index (χ4n) is 1.74. The van der Waals surface area contributed by atoms with Crippen LogP contribution in [0.4, 0.5) is 5.69 Å². The van der Waals surface area contributed by atoms with Gasteiger partial charge in [-0.25, -0.2) is 0 Å². The van der Waals surface area contributed by atoms with Gasteiger partial charge in [0.1, 0.15) is 0 Å². The van der Waals surface area contributed by atoms with E-state index in [1.54, 1.807) is 0 Å². The molecule has 1 saturated heterocycles. The van der Waals surface area contributed by atoms with Gasteiger partial charge >= 0.3 is 0 Å². The van der Waals surface area contributed by atoms with Gasteiger partial charge in [-0.3, -0.25) is 0 Å². The van der Waals surface area contributed by atoms with Crippen LogP contribution >= 0.6 is 27.7 Å². The largest absolute Gasteiger partial charge is 0.394 e. The lowest BCUT2D eigenvalue weighted by molar-refractivity contribution is 0.226. The first-order valence-electron chi connectivity index (χ1n) is 4.96. The van der Waals surface area contributed by atoms with Crippen LogP contribution in [0.5, 0.6) is 0 Å². The van der Waals surface area contributed by atoms with Crippen LogP contribution in [0.1, 0.15) is 6.42 Å². The Balaban J connectivity index is 2.12. The molecule has 2 N–H and O–H groups in total. The second kappa shape index (κ2) is 4.76. The Kier molecular flexibility index (Phi) is 3.59. The van der Waals surface area contributed by atoms with Crippen LogP contribution in [0.3, 0.4) is 0 Å². The molecule has 1 aliphatic rings. The van der Waals surface area contributed by atoms with Gasteiger partial charge in [-0.1, -0.05) is 22.0 Å². The maximum atomic E-state index is 9.46. The van der Waals surface area contributed by atoms with Crippen LogP contribution in [0.25, 0.3) is 0 Å². The SMILES string of the molecule is OCC1(Nc2cccc(Br)c2)CCSC1. The predicted molar refractivity (Wildman–Crippen MR) is 69.5 cm³/mol. The first-order valence-corrected chi connectivity index (χ1v) is 6.91. The summed E-state index contributed by atoms with van der Waals surface area (Å²) >= 11 is 5.34. The lowest BCUT2D eigenvalue weighted by Gasteiger charge is -2.28. The van der Waals surface area contributed by atoms with Gasteiger partial charge in [0.15, 0.2) is 0 Å². The summed E-state index contributed by atoms with van der Waals surface area (Å²) in [4.78, 5) is 0. The number of rotatable bonds is 3. The Hall–Kier alpha value is -0.190. The molecule has 2 rings (SSSR count). The summed E-state index contributed by atoms with van der Waals surface area (Å²) in [6.45, 7) is 0.201. The molecular formula is C11H14BrNOS. The van der Waals surface area contributed by atoms with Crippen molar-refractivity contribution in [3.8, 4) is 0 Å². The van der Waals surface area contributed by atoms with Gasteiger partial charge in [0.2, 0.25) is 0 Å². The van der Waals surface area contributed by atoms with Crippen molar-refractivity contribution in [2.45, 2.75) is 12.0 Å². The van der Waals surface area contributed by atoms with Gasteiger partial charge in [-0.05, 0) is 30.4 Å². The van der Waals surface area contributed by atoms with Crippen molar-refractivity contribution in [2.24, 2.45) is 0 Å². The summed E-state index contributed by atoms with van der Waals surface area (Å²) in [7, 11) is 0. The van der Waals surface area contributed by atoms with Crippen LogP contribution in [-0.4, -0.2) is 28.8 Å². The summed E-state index contributed by atoms with van der Waals surface area (Å²) in [5.74, 6) is 2.11. The molecule has 0 spiro atoms. The van der Waals surface area contributed by atoms with E-state index in [-0.39, 0.29) is 12.1 Å². The fourth-order valence-corrected chi connectivity index (χ4v) is 3.52. The van der Waals surface area contributed by atoms with E-state index in [0.29, 0.717) is 0 Å². The molecule has 1 fully saturated rings. The van der Waals surface area contributed by atoms with E-state index in [1.807, 2.05) is 36.0 Å². The fraction of sp³-hybridized carbons (Fsp3) is 0.455. The van der Waals surface area contributed by atoms with E-state index >= 15 is 0 Å². The average molecular weight is 288 g/mol. The molecule has 0 aliphatic carbocycles. The Bertz CT molecular complexity index is 339. The number of hydrogen-bond acceptors (Lipinski definition) is 3. The zero-order valence-electron chi connectivity index (χ0n) is 8.37. The van der Waals surface area contributed by atoms with Crippen molar-refractivity contribution in [3.63, 3.8) is 0 Å². The Morgan fingerprint density at radius 2 is 2.40 bits per heavy atom. The van der Waals surface area contributed by atoms with E-state index in [9.17, 15) is 5.11 Å². The van der Waals surface area contributed by atoms with Crippen LogP contribution in [0.15, 0.2) is 28.7 Å². The molecule has 2 nitrogen and oxygen atoms in total. The summed E-state index contributed by atoms with van der Waals surface area (Å²) in [6.07, 6.45) is 1.03. The Labute approximate surface area is 103 Å². The van der Waals surface area contributed by atoms with E-state index in [4.69, 9.17) is 0 Å². The van der Waals surface area contributed by atoms with E-state index in [2.05, 4.69) is 21.2 Å². The third-order valence-electron chi connectivity index (χ3n) is 2.64. The minimum absolute atomic E-state index is 0.120. The van der Waals surface area contributed by atoms with Crippen LogP contribution in [0, 0.1) is 0 Å². The van der Waals surface area contributed by atoms with Gasteiger partial charge in [0.05, 0.1) is 12.1 Å². The zero-order chi connectivity index (χ0) is 10.7. The normalized spacial score (nSPS) is 25.5. The Morgan fingerprint density at radius 1 is 1.53 bits per heavy atom. The van der Waals surface area contributed by atoms with Gasteiger partial charge < -0.3 is 10.4 Å². The minimum atomic E-state index is -0.120. The molecule has 0 amide bonds. The molecule has 15 heavy (non-hydrogen) atoms. The highest BCUT2D eigenvalue weighted by molar-refractivity contribution is 9.10. The number of nitrogens with one attached hydrogen (secondary N) is 1. The predicted octanol–water partition coefficient (Wildman–Crippen LogP) is 2.73. The number of halogens is 1. The van der Waals surface area contributed by atoms with Crippen molar-refractivity contribution >= 4 is 33.4 Å². The molecule has 82 valence electrons. The lowest BCUT2D eigenvalue weighted by atomic mass is 10.00. The standard InChI is InChI=1S/C11H14BrNOS/c12-9-2-1-3-10(6-9)13-11(7-14)4-5-15-8-11/h1-3,6,13-14H,4-5,7-8H2. The third kappa shape index (κ3) is 2.68. The topological polar surface area (TPSA) is 32.3 Å². The van der Waals surface area contributed by atoms with E-state index in [1.165, 1.54) is 0 Å².